The third kappa shape index (κ3) is 3.95. The van der Waals surface area contributed by atoms with Crippen LogP contribution in [0.2, 0.25) is 0 Å². The Bertz CT molecular complexity index is 481. The number of methoxy groups -OCH3 is 1. The number of amides is 1. The molecule has 1 fully saturated rings. The van der Waals surface area contributed by atoms with E-state index in [4.69, 9.17) is 9.47 Å². The molecule has 118 valence electrons. The number of ether oxygens (including phenoxy) is 2. The topological polar surface area (TPSA) is 68.6 Å². The number of nitrogens with zero attached hydrogens (tertiary/aromatic N) is 3. The molecule has 0 atom stereocenters. The van der Waals surface area contributed by atoms with Crippen LogP contribution in [0, 0.1) is 6.92 Å². The average Bonchev–Trinajstić information content (AvgIpc) is 2.77. The Morgan fingerprint density at radius 3 is 2.81 bits per heavy atom. The standard InChI is InChI=1S/C14H24N4O3/c1-11-12(14(20-3)17(2)16-11)10-15-5-4-13(19)18-6-8-21-9-7-18/h15H,4-10H2,1-3H3. The van der Waals surface area contributed by atoms with Crippen LogP contribution in [-0.2, 0) is 23.1 Å². The van der Waals surface area contributed by atoms with Crippen molar-refractivity contribution in [3.63, 3.8) is 0 Å². The van der Waals surface area contributed by atoms with Gasteiger partial charge in [-0.1, -0.05) is 0 Å². The van der Waals surface area contributed by atoms with Gasteiger partial charge in [0.15, 0.2) is 0 Å². The minimum atomic E-state index is 0.181. The molecule has 21 heavy (non-hydrogen) atoms. The molecule has 7 heteroatoms. The van der Waals surface area contributed by atoms with Crippen molar-refractivity contribution in [2.75, 3.05) is 40.0 Å². The van der Waals surface area contributed by atoms with Gasteiger partial charge in [-0.05, 0) is 6.92 Å². The Labute approximate surface area is 125 Å². The number of carbonyl (C=O) groups excluding carboxylic acids is 1. The summed E-state index contributed by atoms with van der Waals surface area (Å²) in [6.45, 7) is 5.95. The van der Waals surface area contributed by atoms with E-state index in [2.05, 4.69) is 10.4 Å². The summed E-state index contributed by atoms with van der Waals surface area (Å²) in [5.74, 6) is 0.945. The molecule has 2 rings (SSSR count). The molecular formula is C14H24N4O3. The lowest BCUT2D eigenvalue weighted by Crippen LogP contribution is -2.41. The van der Waals surface area contributed by atoms with Crippen molar-refractivity contribution in [2.24, 2.45) is 7.05 Å². The molecule has 0 radical (unpaired) electrons. The fourth-order valence-electron chi connectivity index (χ4n) is 2.52. The maximum absolute atomic E-state index is 12.0. The highest BCUT2D eigenvalue weighted by Crippen LogP contribution is 2.20. The van der Waals surface area contributed by atoms with Gasteiger partial charge in [-0.25, -0.2) is 4.68 Å². The van der Waals surface area contributed by atoms with Gasteiger partial charge in [-0.3, -0.25) is 4.79 Å². The van der Waals surface area contributed by atoms with Gasteiger partial charge in [0, 0.05) is 39.6 Å². The van der Waals surface area contributed by atoms with Gasteiger partial charge < -0.3 is 19.7 Å². The van der Waals surface area contributed by atoms with Gasteiger partial charge in [0.25, 0.3) is 0 Å². The summed E-state index contributed by atoms with van der Waals surface area (Å²) in [6, 6.07) is 0. The molecule has 1 aliphatic heterocycles. The summed E-state index contributed by atoms with van der Waals surface area (Å²) in [7, 11) is 3.50. The molecule has 1 aromatic rings. The maximum atomic E-state index is 12.0. The molecule has 0 unspecified atom stereocenters. The van der Waals surface area contributed by atoms with Crippen LogP contribution in [0.15, 0.2) is 0 Å². The summed E-state index contributed by atoms with van der Waals surface area (Å²) in [5, 5.41) is 7.62. The van der Waals surface area contributed by atoms with Crippen molar-refractivity contribution in [3.05, 3.63) is 11.3 Å². The number of morpholine rings is 1. The van der Waals surface area contributed by atoms with Crippen molar-refractivity contribution in [1.82, 2.24) is 20.0 Å². The summed E-state index contributed by atoms with van der Waals surface area (Å²) < 4.78 is 12.3. The second-order valence-corrected chi connectivity index (χ2v) is 5.12. The monoisotopic (exact) mass is 296 g/mol. The Morgan fingerprint density at radius 2 is 2.14 bits per heavy atom. The quantitative estimate of drug-likeness (QED) is 0.753. The fraction of sp³-hybridized carbons (Fsp3) is 0.714. The molecule has 1 aromatic heterocycles. The van der Waals surface area contributed by atoms with Gasteiger partial charge in [-0.2, -0.15) is 5.10 Å². The molecule has 0 aromatic carbocycles. The van der Waals surface area contributed by atoms with Crippen LogP contribution >= 0.6 is 0 Å². The van der Waals surface area contributed by atoms with Gasteiger partial charge >= 0.3 is 0 Å². The van der Waals surface area contributed by atoms with Crippen molar-refractivity contribution in [1.29, 1.82) is 0 Å². The molecule has 1 saturated heterocycles. The van der Waals surface area contributed by atoms with E-state index in [0.717, 1.165) is 17.1 Å². The Kier molecular flexibility index (Phi) is 5.58. The normalized spacial score (nSPS) is 15.3. The molecule has 0 aliphatic carbocycles. The smallest absolute Gasteiger partial charge is 0.224 e. The summed E-state index contributed by atoms with van der Waals surface area (Å²) in [5.41, 5.74) is 1.99. The number of rotatable bonds is 6. The second-order valence-electron chi connectivity index (χ2n) is 5.12. The highest BCUT2D eigenvalue weighted by molar-refractivity contribution is 5.76. The minimum absolute atomic E-state index is 0.181. The molecule has 1 aliphatic rings. The van der Waals surface area contributed by atoms with Crippen LogP contribution in [0.1, 0.15) is 17.7 Å². The third-order valence-corrected chi connectivity index (χ3v) is 3.66. The molecule has 1 N–H and O–H groups in total. The van der Waals surface area contributed by atoms with Gasteiger partial charge in [0.2, 0.25) is 11.8 Å². The first-order valence-electron chi connectivity index (χ1n) is 7.26. The van der Waals surface area contributed by atoms with Crippen LogP contribution in [0.25, 0.3) is 0 Å². The zero-order chi connectivity index (χ0) is 15.2. The Balaban J connectivity index is 1.75. The predicted octanol–water partition coefficient (Wildman–Crippen LogP) is 0.0756. The minimum Gasteiger partial charge on any atom is -0.481 e. The summed E-state index contributed by atoms with van der Waals surface area (Å²) >= 11 is 0. The fourth-order valence-corrected chi connectivity index (χ4v) is 2.52. The number of aromatic nitrogens is 2. The van der Waals surface area contributed by atoms with Crippen molar-refractivity contribution in [2.45, 2.75) is 19.9 Å². The van der Waals surface area contributed by atoms with Crippen LogP contribution in [0.4, 0.5) is 0 Å². The number of carbonyl (C=O) groups is 1. The largest absolute Gasteiger partial charge is 0.481 e. The first kappa shape index (κ1) is 15.8. The lowest BCUT2D eigenvalue weighted by atomic mass is 10.2. The van der Waals surface area contributed by atoms with Gasteiger partial charge in [0.05, 0.1) is 31.6 Å². The molecule has 7 nitrogen and oxygen atoms in total. The van der Waals surface area contributed by atoms with Crippen LogP contribution < -0.4 is 10.1 Å². The van der Waals surface area contributed by atoms with Crippen LogP contribution in [0.3, 0.4) is 0 Å². The van der Waals surface area contributed by atoms with E-state index < -0.39 is 0 Å². The van der Waals surface area contributed by atoms with E-state index in [0.29, 0.717) is 45.8 Å². The van der Waals surface area contributed by atoms with Gasteiger partial charge in [0.1, 0.15) is 0 Å². The number of nitrogens with one attached hydrogen (secondary N) is 1. The predicted molar refractivity (Wildman–Crippen MR) is 78.2 cm³/mol. The molecule has 1 amide bonds. The lowest BCUT2D eigenvalue weighted by molar-refractivity contribution is -0.135. The van der Waals surface area contributed by atoms with E-state index in [1.165, 1.54) is 0 Å². The lowest BCUT2D eigenvalue weighted by Gasteiger charge is -2.26. The van der Waals surface area contributed by atoms with E-state index >= 15 is 0 Å². The number of hydrogen-bond acceptors (Lipinski definition) is 5. The van der Waals surface area contributed by atoms with E-state index in [1.807, 2.05) is 18.9 Å². The highest BCUT2D eigenvalue weighted by atomic mass is 16.5. The van der Waals surface area contributed by atoms with Crippen LogP contribution in [-0.4, -0.2) is 60.5 Å². The summed E-state index contributed by atoms with van der Waals surface area (Å²) in [4.78, 5) is 13.9. The van der Waals surface area contributed by atoms with E-state index in [-0.39, 0.29) is 5.91 Å². The number of aryl methyl sites for hydroxylation is 2. The molecule has 0 bridgehead atoms. The van der Waals surface area contributed by atoms with Gasteiger partial charge in [-0.15, -0.1) is 0 Å². The highest BCUT2D eigenvalue weighted by Gasteiger charge is 2.17. The van der Waals surface area contributed by atoms with E-state index in [1.54, 1.807) is 11.8 Å². The van der Waals surface area contributed by atoms with E-state index in [9.17, 15) is 4.79 Å². The van der Waals surface area contributed by atoms with Crippen molar-refractivity contribution in [3.8, 4) is 5.88 Å². The first-order valence-corrected chi connectivity index (χ1v) is 7.26. The number of hydrogen-bond donors (Lipinski definition) is 1. The maximum Gasteiger partial charge on any atom is 0.224 e. The summed E-state index contributed by atoms with van der Waals surface area (Å²) in [6.07, 6.45) is 0.502. The zero-order valence-electron chi connectivity index (χ0n) is 13.0. The second kappa shape index (κ2) is 7.42. The zero-order valence-corrected chi connectivity index (χ0v) is 13.0. The molecule has 2 heterocycles. The Hall–Kier alpha value is -1.60. The average molecular weight is 296 g/mol. The molecule has 0 saturated carbocycles. The first-order chi connectivity index (χ1) is 10.1. The Morgan fingerprint density at radius 1 is 1.43 bits per heavy atom. The molecular weight excluding hydrogens is 272 g/mol. The SMILES string of the molecule is COc1c(CNCCC(=O)N2CCOCC2)c(C)nn1C. The molecule has 0 spiro atoms. The van der Waals surface area contributed by atoms with Crippen molar-refractivity contribution < 1.29 is 14.3 Å². The van der Waals surface area contributed by atoms with Crippen LogP contribution in [0.5, 0.6) is 5.88 Å². The third-order valence-electron chi connectivity index (χ3n) is 3.66. The van der Waals surface area contributed by atoms with Crippen molar-refractivity contribution >= 4 is 5.91 Å².